The summed E-state index contributed by atoms with van der Waals surface area (Å²) >= 11 is 0. The van der Waals surface area contributed by atoms with E-state index in [0.717, 1.165) is 0 Å². The fourth-order valence-corrected chi connectivity index (χ4v) is 2.31. The lowest BCUT2D eigenvalue weighted by atomic mass is 10.0. The van der Waals surface area contributed by atoms with E-state index in [-0.39, 0.29) is 30.2 Å². The van der Waals surface area contributed by atoms with Crippen LogP contribution in [0.5, 0.6) is 0 Å². The quantitative estimate of drug-likeness (QED) is 0.846. The molecule has 1 fully saturated rings. The summed E-state index contributed by atoms with van der Waals surface area (Å²) in [6.45, 7) is 3.58. The van der Waals surface area contributed by atoms with Gasteiger partial charge in [-0.1, -0.05) is 18.2 Å². The largest absolute Gasteiger partial charge is 0.340 e. The summed E-state index contributed by atoms with van der Waals surface area (Å²) in [5.41, 5.74) is 0.508. The van der Waals surface area contributed by atoms with Gasteiger partial charge >= 0.3 is 0 Å². The number of benzene rings is 1. The predicted octanol–water partition coefficient (Wildman–Crippen LogP) is 1.34. The molecule has 0 aliphatic carbocycles. The zero-order valence-electron chi connectivity index (χ0n) is 11.6. The zero-order chi connectivity index (χ0) is 14.7. The predicted molar refractivity (Wildman–Crippen MR) is 73.9 cm³/mol. The average Bonchev–Trinajstić information content (AvgIpc) is 2.42. The second kappa shape index (κ2) is 5.86. The van der Waals surface area contributed by atoms with Gasteiger partial charge in [0, 0.05) is 18.0 Å². The molecule has 106 valence electrons. The van der Waals surface area contributed by atoms with Gasteiger partial charge in [0.2, 0.25) is 5.91 Å². The van der Waals surface area contributed by atoms with Crippen LogP contribution in [0.2, 0.25) is 0 Å². The zero-order valence-corrected chi connectivity index (χ0v) is 11.6. The summed E-state index contributed by atoms with van der Waals surface area (Å²) in [6.07, 6.45) is 0.642. The van der Waals surface area contributed by atoms with Crippen LogP contribution in [-0.4, -0.2) is 34.7 Å². The van der Waals surface area contributed by atoms with E-state index in [1.54, 1.807) is 38.1 Å². The van der Waals surface area contributed by atoms with Gasteiger partial charge in [0.1, 0.15) is 6.04 Å². The van der Waals surface area contributed by atoms with E-state index in [1.165, 1.54) is 4.90 Å². The van der Waals surface area contributed by atoms with Crippen molar-refractivity contribution in [2.24, 2.45) is 0 Å². The van der Waals surface area contributed by atoms with E-state index in [4.69, 9.17) is 0 Å². The minimum Gasteiger partial charge on any atom is -0.340 e. The molecule has 1 atom stereocenters. The molecule has 1 aliphatic heterocycles. The Hall–Kier alpha value is -2.17. The Morgan fingerprint density at radius 1 is 1.25 bits per heavy atom. The second-order valence-corrected chi connectivity index (χ2v) is 5.13. The van der Waals surface area contributed by atoms with Crippen molar-refractivity contribution in [3.05, 3.63) is 35.9 Å². The highest BCUT2D eigenvalue weighted by molar-refractivity contribution is 6.04. The van der Waals surface area contributed by atoms with Crippen LogP contribution in [0, 0.1) is 0 Å². The fourth-order valence-electron chi connectivity index (χ4n) is 2.31. The highest BCUT2D eigenvalue weighted by Gasteiger charge is 2.36. The van der Waals surface area contributed by atoms with Gasteiger partial charge in [-0.25, -0.2) is 0 Å². The Kier molecular flexibility index (Phi) is 4.17. The summed E-state index contributed by atoms with van der Waals surface area (Å²) in [7, 11) is 0. The first kappa shape index (κ1) is 14.2. The van der Waals surface area contributed by atoms with E-state index in [0.29, 0.717) is 12.0 Å². The van der Waals surface area contributed by atoms with Crippen molar-refractivity contribution in [3.63, 3.8) is 0 Å². The molecule has 1 saturated heterocycles. The van der Waals surface area contributed by atoms with Gasteiger partial charge in [-0.05, 0) is 32.4 Å². The van der Waals surface area contributed by atoms with Crippen molar-refractivity contribution >= 4 is 17.7 Å². The molecule has 0 radical (unpaired) electrons. The van der Waals surface area contributed by atoms with Crippen LogP contribution in [0.4, 0.5) is 0 Å². The molecule has 2 rings (SSSR count). The number of amides is 3. The van der Waals surface area contributed by atoms with Crippen LogP contribution in [0.15, 0.2) is 30.3 Å². The van der Waals surface area contributed by atoms with E-state index in [9.17, 15) is 14.4 Å². The first-order valence-corrected chi connectivity index (χ1v) is 6.72. The Morgan fingerprint density at radius 3 is 2.50 bits per heavy atom. The maximum Gasteiger partial charge on any atom is 0.252 e. The monoisotopic (exact) mass is 274 g/mol. The van der Waals surface area contributed by atoms with Gasteiger partial charge in [-0.2, -0.15) is 0 Å². The SMILES string of the molecule is CC(C)N1C(=O)CCC(NC(=O)c2ccccc2)C1=O. The minimum atomic E-state index is -0.622. The Bertz CT molecular complexity index is 525. The molecule has 3 amide bonds. The summed E-state index contributed by atoms with van der Waals surface area (Å²) in [4.78, 5) is 37.3. The number of rotatable bonds is 3. The maximum absolute atomic E-state index is 12.2. The van der Waals surface area contributed by atoms with Crippen LogP contribution >= 0.6 is 0 Å². The summed E-state index contributed by atoms with van der Waals surface area (Å²) in [5.74, 6) is -0.780. The normalized spacial score (nSPS) is 19.4. The molecule has 20 heavy (non-hydrogen) atoms. The van der Waals surface area contributed by atoms with Crippen LogP contribution in [-0.2, 0) is 9.59 Å². The molecule has 1 aromatic carbocycles. The lowest BCUT2D eigenvalue weighted by Crippen LogP contribution is -2.56. The highest BCUT2D eigenvalue weighted by atomic mass is 16.2. The smallest absolute Gasteiger partial charge is 0.252 e. The third kappa shape index (κ3) is 2.87. The molecule has 0 aromatic heterocycles. The number of nitrogens with zero attached hydrogens (tertiary/aromatic N) is 1. The van der Waals surface area contributed by atoms with Gasteiger partial charge in [0.05, 0.1) is 0 Å². The lowest BCUT2D eigenvalue weighted by molar-refractivity contribution is -0.151. The molecule has 5 heteroatoms. The van der Waals surface area contributed by atoms with E-state index in [2.05, 4.69) is 5.32 Å². The highest BCUT2D eigenvalue weighted by Crippen LogP contribution is 2.16. The molecule has 1 heterocycles. The van der Waals surface area contributed by atoms with Crippen molar-refractivity contribution in [1.82, 2.24) is 10.2 Å². The second-order valence-electron chi connectivity index (χ2n) is 5.13. The molecule has 1 unspecified atom stereocenters. The molecular formula is C15H18N2O3. The van der Waals surface area contributed by atoms with Crippen LogP contribution in [0.1, 0.15) is 37.0 Å². The third-order valence-electron chi connectivity index (χ3n) is 3.31. The van der Waals surface area contributed by atoms with Crippen molar-refractivity contribution in [1.29, 1.82) is 0 Å². The number of nitrogens with one attached hydrogen (secondary N) is 1. The van der Waals surface area contributed by atoms with E-state index < -0.39 is 6.04 Å². The van der Waals surface area contributed by atoms with Crippen molar-refractivity contribution < 1.29 is 14.4 Å². The molecule has 1 N–H and O–H groups in total. The van der Waals surface area contributed by atoms with Crippen molar-refractivity contribution in [3.8, 4) is 0 Å². The van der Waals surface area contributed by atoms with Gasteiger partial charge in [-0.3, -0.25) is 19.3 Å². The first-order chi connectivity index (χ1) is 9.50. The molecule has 0 bridgehead atoms. The number of carbonyl (C=O) groups is 3. The van der Waals surface area contributed by atoms with Gasteiger partial charge in [-0.15, -0.1) is 0 Å². The number of hydrogen-bond acceptors (Lipinski definition) is 3. The first-order valence-electron chi connectivity index (χ1n) is 6.72. The lowest BCUT2D eigenvalue weighted by Gasteiger charge is -2.33. The van der Waals surface area contributed by atoms with Crippen LogP contribution < -0.4 is 5.32 Å². The van der Waals surface area contributed by atoms with Crippen LogP contribution in [0.25, 0.3) is 0 Å². The number of likely N-dealkylation sites (tertiary alicyclic amines) is 1. The van der Waals surface area contributed by atoms with Gasteiger partial charge < -0.3 is 5.32 Å². The molecule has 1 aromatic rings. The Labute approximate surface area is 118 Å². The average molecular weight is 274 g/mol. The summed E-state index contributed by atoms with van der Waals surface area (Å²) in [6, 6.07) is 7.92. The summed E-state index contributed by atoms with van der Waals surface area (Å²) < 4.78 is 0. The molecule has 1 aliphatic rings. The van der Waals surface area contributed by atoms with Crippen molar-refractivity contribution in [2.75, 3.05) is 0 Å². The molecule has 0 saturated carbocycles. The standard InChI is InChI=1S/C15H18N2O3/c1-10(2)17-13(18)9-8-12(15(17)20)16-14(19)11-6-4-3-5-7-11/h3-7,10,12H,8-9H2,1-2H3,(H,16,19). The van der Waals surface area contributed by atoms with E-state index >= 15 is 0 Å². The van der Waals surface area contributed by atoms with Gasteiger partial charge in [0.15, 0.2) is 0 Å². The van der Waals surface area contributed by atoms with Crippen LogP contribution in [0.3, 0.4) is 0 Å². The Morgan fingerprint density at radius 2 is 1.90 bits per heavy atom. The third-order valence-corrected chi connectivity index (χ3v) is 3.31. The molecule has 5 nitrogen and oxygen atoms in total. The fraction of sp³-hybridized carbons (Fsp3) is 0.400. The maximum atomic E-state index is 12.2. The van der Waals surface area contributed by atoms with Crippen molar-refractivity contribution in [2.45, 2.75) is 38.8 Å². The molecular weight excluding hydrogens is 256 g/mol. The number of imide groups is 1. The number of piperidine rings is 1. The summed E-state index contributed by atoms with van der Waals surface area (Å²) in [5, 5.41) is 2.71. The number of carbonyl (C=O) groups excluding carboxylic acids is 3. The minimum absolute atomic E-state index is 0.171. The van der Waals surface area contributed by atoms with Gasteiger partial charge in [0.25, 0.3) is 11.8 Å². The number of hydrogen-bond donors (Lipinski definition) is 1. The topological polar surface area (TPSA) is 66.5 Å². The Balaban J connectivity index is 2.08. The molecule has 0 spiro atoms. The van der Waals surface area contributed by atoms with E-state index in [1.807, 2.05) is 6.07 Å².